The third-order valence-corrected chi connectivity index (χ3v) is 5.08. The molecule has 1 heteroatoms. The minimum Gasteiger partial charge on any atom is -0.385 e. The summed E-state index contributed by atoms with van der Waals surface area (Å²) in [7, 11) is 0. The van der Waals surface area contributed by atoms with Gasteiger partial charge in [-0.15, -0.1) is 0 Å². The molecular weight excluding hydrogens is 196 g/mol. The zero-order valence-electron chi connectivity index (χ0n) is 11.0. The Morgan fingerprint density at radius 1 is 1.19 bits per heavy atom. The second-order valence-corrected chi connectivity index (χ2v) is 6.47. The van der Waals surface area contributed by atoms with Gasteiger partial charge in [0, 0.05) is 5.41 Å². The molecule has 1 unspecified atom stereocenters. The lowest BCUT2D eigenvalue weighted by Gasteiger charge is -2.57. The van der Waals surface area contributed by atoms with Gasteiger partial charge in [-0.05, 0) is 44.9 Å². The average molecular weight is 220 g/mol. The van der Waals surface area contributed by atoms with Crippen LogP contribution in [-0.4, -0.2) is 10.7 Å². The van der Waals surface area contributed by atoms with Crippen LogP contribution < -0.4 is 0 Å². The van der Waals surface area contributed by atoms with Crippen LogP contribution in [0.5, 0.6) is 0 Å². The maximum Gasteiger partial charge on any atom is 0.0863 e. The summed E-state index contributed by atoms with van der Waals surface area (Å²) in [5.74, 6) is 0. The first-order valence-electron chi connectivity index (χ1n) is 6.37. The minimum atomic E-state index is -0.661. The second kappa shape index (κ2) is 3.46. The molecule has 16 heavy (non-hydrogen) atoms. The smallest absolute Gasteiger partial charge is 0.0863 e. The molecule has 0 saturated carbocycles. The van der Waals surface area contributed by atoms with Crippen LogP contribution in [0.4, 0.5) is 0 Å². The van der Waals surface area contributed by atoms with Gasteiger partial charge in [-0.25, -0.2) is 0 Å². The van der Waals surface area contributed by atoms with E-state index in [-0.39, 0.29) is 10.8 Å². The number of hydrogen-bond donors (Lipinski definition) is 1. The molecule has 0 heterocycles. The monoisotopic (exact) mass is 220 g/mol. The highest BCUT2D eigenvalue weighted by atomic mass is 16.3. The lowest BCUT2D eigenvalue weighted by atomic mass is 9.49. The van der Waals surface area contributed by atoms with Crippen molar-refractivity contribution in [2.24, 2.45) is 10.8 Å². The first-order chi connectivity index (χ1) is 7.31. The van der Waals surface area contributed by atoms with Crippen LogP contribution in [0, 0.1) is 10.8 Å². The molecule has 2 rings (SSSR count). The normalized spacial score (nSPS) is 42.2. The summed E-state index contributed by atoms with van der Waals surface area (Å²) in [6.45, 7) is 8.80. The number of allylic oxidation sites excluding steroid dienone is 3. The second-order valence-electron chi connectivity index (χ2n) is 6.47. The Morgan fingerprint density at radius 2 is 1.88 bits per heavy atom. The fourth-order valence-electron chi connectivity index (χ4n) is 3.66. The Balaban J connectivity index is 2.46. The number of aliphatic hydroxyl groups is 1. The van der Waals surface area contributed by atoms with Crippen LogP contribution in [0.15, 0.2) is 23.8 Å². The van der Waals surface area contributed by atoms with E-state index >= 15 is 0 Å². The van der Waals surface area contributed by atoms with Gasteiger partial charge in [-0.2, -0.15) is 0 Å². The molecule has 1 nitrogen and oxygen atoms in total. The topological polar surface area (TPSA) is 20.2 Å². The molecule has 0 amide bonds. The van der Waals surface area contributed by atoms with Gasteiger partial charge in [0.1, 0.15) is 0 Å². The fraction of sp³-hybridized carbons (Fsp3) is 0.733. The van der Waals surface area contributed by atoms with Gasteiger partial charge in [0.25, 0.3) is 0 Å². The summed E-state index contributed by atoms with van der Waals surface area (Å²) in [6.07, 6.45) is 10.8. The molecule has 90 valence electrons. The zero-order valence-corrected chi connectivity index (χ0v) is 11.0. The van der Waals surface area contributed by atoms with E-state index in [1.165, 1.54) is 5.57 Å². The molecule has 1 N–H and O–H groups in total. The van der Waals surface area contributed by atoms with E-state index in [4.69, 9.17) is 0 Å². The number of hydrogen-bond acceptors (Lipinski definition) is 1. The van der Waals surface area contributed by atoms with Crippen molar-refractivity contribution in [3.8, 4) is 0 Å². The predicted molar refractivity (Wildman–Crippen MR) is 68.2 cm³/mol. The quantitative estimate of drug-likeness (QED) is 0.615. The predicted octanol–water partition coefficient (Wildman–Crippen LogP) is 3.84. The summed E-state index contributed by atoms with van der Waals surface area (Å²) < 4.78 is 0. The van der Waals surface area contributed by atoms with Crippen LogP contribution >= 0.6 is 0 Å². The molecule has 0 aromatic carbocycles. The van der Waals surface area contributed by atoms with Crippen molar-refractivity contribution in [2.45, 2.75) is 59.0 Å². The summed E-state index contributed by atoms with van der Waals surface area (Å²) in [5, 5.41) is 10.8. The third kappa shape index (κ3) is 1.48. The van der Waals surface area contributed by atoms with E-state index in [9.17, 15) is 5.11 Å². The van der Waals surface area contributed by atoms with E-state index in [1.807, 2.05) is 13.0 Å². The summed E-state index contributed by atoms with van der Waals surface area (Å²) >= 11 is 0. The van der Waals surface area contributed by atoms with Crippen molar-refractivity contribution in [1.29, 1.82) is 0 Å². The highest BCUT2D eigenvalue weighted by Gasteiger charge is 2.56. The highest BCUT2D eigenvalue weighted by Crippen LogP contribution is 2.59. The molecule has 0 aromatic rings. The van der Waals surface area contributed by atoms with E-state index in [0.29, 0.717) is 0 Å². The Hall–Kier alpha value is -0.560. The molecule has 0 aromatic heterocycles. The Morgan fingerprint density at radius 3 is 2.38 bits per heavy atom. The maximum atomic E-state index is 10.8. The van der Waals surface area contributed by atoms with Gasteiger partial charge in [-0.3, -0.25) is 0 Å². The van der Waals surface area contributed by atoms with Gasteiger partial charge in [0.2, 0.25) is 0 Å². The molecule has 2 aliphatic carbocycles. The van der Waals surface area contributed by atoms with Crippen LogP contribution in [0.3, 0.4) is 0 Å². The molecule has 0 bridgehead atoms. The van der Waals surface area contributed by atoms with Crippen molar-refractivity contribution >= 4 is 0 Å². The molecule has 2 aliphatic rings. The maximum absolute atomic E-state index is 10.8. The van der Waals surface area contributed by atoms with Crippen molar-refractivity contribution < 1.29 is 5.11 Å². The first kappa shape index (κ1) is 11.9. The first-order valence-corrected chi connectivity index (χ1v) is 6.37. The van der Waals surface area contributed by atoms with Gasteiger partial charge in [-0.1, -0.05) is 37.6 Å². The van der Waals surface area contributed by atoms with Crippen LogP contribution in [-0.2, 0) is 0 Å². The summed E-state index contributed by atoms with van der Waals surface area (Å²) in [6, 6.07) is 0. The van der Waals surface area contributed by atoms with Crippen LogP contribution in [0.25, 0.3) is 0 Å². The molecule has 2 atom stereocenters. The van der Waals surface area contributed by atoms with E-state index < -0.39 is 5.60 Å². The lowest BCUT2D eigenvalue weighted by molar-refractivity contribution is -0.118. The van der Waals surface area contributed by atoms with Crippen LogP contribution in [0.2, 0.25) is 0 Å². The highest BCUT2D eigenvalue weighted by molar-refractivity contribution is 5.24. The van der Waals surface area contributed by atoms with Crippen molar-refractivity contribution in [2.75, 3.05) is 0 Å². The number of rotatable bonds is 0. The summed E-state index contributed by atoms with van der Waals surface area (Å²) in [4.78, 5) is 0. The molecule has 0 fully saturated rings. The Bertz CT molecular complexity index is 346. The van der Waals surface area contributed by atoms with Gasteiger partial charge in [0.15, 0.2) is 0 Å². The minimum absolute atomic E-state index is 0.0221. The standard InChI is InChI=1S/C15H24O/c1-12-6-10-15(11-7-12)13(2,3)8-5-9-14(15,4)16/h5-6,9,16H,7-8,10-11H2,1-4H3/t14?,15-/m0/s1. The van der Waals surface area contributed by atoms with E-state index in [1.54, 1.807) is 0 Å². The zero-order chi connectivity index (χ0) is 12.0. The summed E-state index contributed by atoms with van der Waals surface area (Å²) in [5.41, 5.74) is 1.02. The Labute approximate surface area is 99.3 Å². The molecule has 0 radical (unpaired) electrons. The third-order valence-electron chi connectivity index (χ3n) is 5.08. The molecule has 0 aliphatic heterocycles. The largest absolute Gasteiger partial charge is 0.385 e. The Kier molecular flexibility index (Phi) is 2.58. The fourth-order valence-corrected chi connectivity index (χ4v) is 3.66. The lowest BCUT2D eigenvalue weighted by Crippen LogP contribution is -2.56. The molecular formula is C15H24O. The molecule has 0 saturated heterocycles. The van der Waals surface area contributed by atoms with Crippen molar-refractivity contribution in [3.63, 3.8) is 0 Å². The van der Waals surface area contributed by atoms with Crippen molar-refractivity contribution in [3.05, 3.63) is 23.8 Å². The molecule has 1 spiro atoms. The van der Waals surface area contributed by atoms with Crippen LogP contribution in [0.1, 0.15) is 53.4 Å². The van der Waals surface area contributed by atoms with Crippen molar-refractivity contribution in [1.82, 2.24) is 0 Å². The van der Waals surface area contributed by atoms with E-state index in [0.717, 1.165) is 25.7 Å². The van der Waals surface area contributed by atoms with Gasteiger partial charge in [0.05, 0.1) is 5.60 Å². The average Bonchev–Trinajstić information content (AvgIpc) is 2.16. The SMILES string of the molecule is CC1=CC[C@@]2(CC1)C(C)(O)C=CCC2(C)C. The van der Waals surface area contributed by atoms with Gasteiger partial charge < -0.3 is 5.11 Å². The van der Waals surface area contributed by atoms with Gasteiger partial charge >= 0.3 is 0 Å². The van der Waals surface area contributed by atoms with E-state index in [2.05, 4.69) is 32.9 Å².